The topological polar surface area (TPSA) is 61.8 Å². The number of halogens is 3. The lowest BCUT2D eigenvalue weighted by Crippen LogP contribution is -2.01. The highest BCUT2D eigenvalue weighted by molar-refractivity contribution is 5.74. The molecule has 3 N–H and O–H groups in total. The summed E-state index contributed by atoms with van der Waals surface area (Å²) in [4.78, 5) is 0. The van der Waals surface area contributed by atoms with Gasteiger partial charge in [0, 0.05) is 12.1 Å². The first-order valence-electron chi connectivity index (χ1n) is 5.22. The highest BCUT2D eigenvalue weighted by atomic mass is 19.1. The molecule has 0 amide bonds. The fourth-order valence-corrected chi connectivity index (χ4v) is 1.54. The summed E-state index contributed by atoms with van der Waals surface area (Å²) >= 11 is 0. The van der Waals surface area contributed by atoms with Crippen molar-refractivity contribution in [2.24, 2.45) is 0 Å². The zero-order chi connectivity index (χ0) is 14.0. The Morgan fingerprint density at radius 1 is 1.05 bits per heavy atom. The Morgan fingerprint density at radius 2 is 1.68 bits per heavy atom. The Kier molecular flexibility index (Phi) is 3.29. The van der Waals surface area contributed by atoms with Crippen LogP contribution in [0.25, 0.3) is 0 Å². The van der Waals surface area contributed by atoms with Gasteiger partial charge in [0.2, 0.25) is 0 Å². The molecule has 0 heterocycles. The molecule has 0 aliphatic heterocycles. The number of nitrogens with two attached hydrogens (primary N) is 1. The van der Waals surface area contributed by atoms with Gasteiger partial charge >= 0.3 is 0 Å². The Labute approximate surface area is 107 Å². The van der Waals surface area contributed by atoms with Gasteiger partial charge in [-0.05, 0) is 18.2 Å². The van der Waals surface area contributed by atoms with Crippen molar-refractivity contribution < 1.29 is 13.2 Å². The monoisotopic (exact) mass is 263 g/mol. The first-order chi connectivity index (χ1) is 9.01. The van der Waals surface area contributed by atoms with Gasteiger partial charge in [-0.1, -0.05) is 0 Å². The normalized spacial score (nSPS) is 10.0. The lowest BCUT2D eigenvalue weighted by Gasteiger charge is -2.11. The van der Waals surface area contributed by atoms with Crippen molar-refractivity contribution in [1.82, 2.24) is 0 Å². The molecule has 0 radical (unpaired) electrons. The van der Waals surface area contributed by atoms with Gasteiger partial charge in [-0.2, -0.15) is 5.26 Å². The van der Waals surface area contributed by atoms with Crippen molar-refractivity contribution in [3.63, 3.8) is 0 Å². The molecular formula is C13H8F3N3. The summed E-state index contributed by atoms with van der Waals surface area (Å²) in [5.74, 6) is -3.14. The number of rotatable bonds is 2. The smallest absolute Gasteiger partial charge is 0.152 e. The van der Waals surface area contributed by atoms with Crippen molar-refractivity contribution in [2.75, 3.05) is 11.1 Å². The van der Waals surface area contributed by atoms with Crippen molar-refractivity contribution >= 4 is 17.1 Å². The molecule has 19 heavy (non-hydrogen) atoms. The SMILES string of the molecule is N#Cc1ccc(Nc2c(F)cc(F)cc2F)c(N)c1. The van der Waals surface area contributed by atoms with Crippen LogP contribution in [0.2, 0.25) is 0 Å². The van der Waals surface area contributed by atoms with Gasteiger partial charge in [-0.25, -0.2) is 13.2 Å². The zero-order valence-electron chi connectivity index (χ0n) is 9.55. The summed E-state index contributed by atoms with van der Waals surface area (Å²) in [6, 6.07) is 7.22. The van der Waals surface area contributed by atoms with Crippen LogP contribution in [-0.2, 0) is 0 Å². The van der Waals surface area contributed by atoms with E-state index in [2.05, 4.69) is 5.32 Å². The van der Waals surface area contributed by atoms with Crippen molar-refractivity contribution in [2.45, 2.75) is 0 Å². The maximum absolute atomic E-state index is 13.4. The van der Waals surface area contributed by atoms with Gasteiger partial charge < -0.3 is 11.1 Å². The molecule has 0 aliphatic rings. The fraction of sp³-hybridized carbons (Fsp3) is 0. The third-order valence-corrected chi connectivity index (χ3v) is 2.45. The van der Waals surface area contributed by atoms with E-state index >= 15 is 0 Å². The zero-order valence-corrected chi connectivity index (χ0v) is 9.55. The molecule has 96 valence electrons. The number of hydrogen-bond donors (Lipinski definition) is 2. The number of anilines is 3. The van der Waals surface area contributed by atoms with Crippen LogP contribution >= 0.6 is 0 Å². The fourth-order valence-electron chi connectivity index (χ4n) is 1.54. The van der Waals surface area contributed by atoms with Crippen LogP contribution in [0.4, 0.5) is 30.2 Å². The molecule has 0 saturated carbocycles. The van der Waals surface area contributed by atoms with E-state index < -0.39 is 23.1 Å². The van der Waals surface area contributed by atoms with Crippen LogP contribution in [0.3, 0.4) is 0 Å². The van der Waals surface area contributed by atoms with Crippen molar-refractivity contribution in [1.29, 1.82) is 5.26 Å². The molecule has 0 spiro atoms. The van der Waals surface area contributed by atoms with Gasteiger partial charge in [-0.3, -0.25) is 0 Å². The molecule has 2 aromatic carbocycles. The minimum absolute atomic E-state index is 0.155. The molecule has 0 aromatic heterocycles. The summed E-state index contributed by atoms with van der Waals surface area (Å²) in [5, 5.41) is 11.1. The molecule has 0 unspecified atom stereocenters. The van der Waals surface area contributed by atoms with E-state index in [1.807, 2.05) is 6.07 Å². The number of nitrogen functional groups attached to an aromatic ring is 1. The minimum atomic E-state index is -1.07. The largest absolute Gasteiger partial charge is 0.397 e. The lowest BCUT2D eigenvalue weighted by atomic mass is 10.2. The molecule has 2 rings (SSSR count). The van der Waals surface area contributed by atoms with Crippen LogP contribution in [0, 0.1) is 28.8 Å². The lowest BCUT2D eigenvalue weighted by molar-refractivity contribution is 0.549. The molecule has 0 atom stereocenters. The van der Waals surface area contributed by atoms with Crippen LogP contribution in [0.1, 0.15) is 5.56 Å². The van der Waals surface area contributed by atoms with Crippen molar-refractivity contribution in [3.8, 4) is 6.07 Å². The second kappa shape index (κ2) is 4.90. The number of nitrogens with zero attached hydrogens (tertiary/aromatic N) is 1. The molecule has 0 saturated heterocycles. The van der Waals surface area contributed by atoms with E-state index in [9.17, 15) is 13.2 Å². The van der Waals surface area contributed by atoms with Crippen LogP contribution in [0.15, 0.2) is 30.3 Å². The van der Waals surface area contributed by atoms with Crippen LogP contribution in [-0.4, -0.2) is 0 Å². The summed E-state index contributed by atoms with van der Waals surface area (Å²) in [6.45, 7) is 0. The maximum atomic E-state index is 13.4. The standard InChI is InChI=1S/C13H8F3N3/c14-8-4-9(15)13(10(16)5-8)19-12-2-1-7(6-17)3-11(12)18/h1-5,19H,18H2. The third-order valence-electron chi connectivity index (χ3n) is 2.45. The van der Waals surface area contributed by atoms with E-state index in [1.165, 1.54) is 18.2 Å². The third kappa shape index (κ3) is 2.60. The number of benzene rings is 2. The first kappa shape index (κ1) is 12.8. The van der Waals surface area contributed by atoms with Gasteiger partial charge in [-0.15, -0.1) is 0 Å². The molecule has 0 fully saturated rings. The van der Waals surface area contributed by atoms with Gasteiger partial charge in [0.25, 0.3) is 0 Å². The summed E-state index contributed by atoms with van der Waals surface area (Å²) in [7, 11) is 0. The maximum Gasteiger partial charge on any atom is 0.152 e. The number of nitrogens with one attached hydrogen (secondary N) is 1. The van der Waals surface area contributed by atoms with Crippen LogP contribution in [0.5, 0.6) is 0 Å². The summed E-state index contributed by atoms with van der Waals surface area (Å²) < 4.78 is 39.6. The van der Waals surface area contributed by atoms with Gasteiger partial charge in [0.05, 0.1) is 23.0 Å². The van der Waals surface area contributed by atoms with E-state index in [-0.39, 0.29) is 11.4 Å². The Balaban J connectivity index is 2.40. The van der Waals surface area contributed by atoms with Gasteiger partial charge in [0.15, 0.2) is 11.6 Å². The summed E-state index contributed by atoms with van der Waals surface area (Å²) in [5.41, 5.74) is 5.84. The summed E-state index contributed by atoms with van der Waals surface area (Å²) in [6.07, 6.45) is 0. The second-order valence-corrected chi connectivity index (χ2v) is 3.78. The van der Waals surface area contributed by atoms with E-state index in [0.717, 1.165) is 0 Å². The van der Waals surface area contributed by atoms with Crippen LogP contribution < -0.4 is 11.1 Å². The average molecular weight is 263 g/mol. The predicted molar refractivity (Wildman–Crippen MR) is 65.2 cm³/mol. The first-order valence-corrected chi connectivity index (χ1v) is 5.22. The quantitative estimate of drug-likeness (QED) is 0.817. The second-order valence-electron chi connectivity index (χ2n) is 3.78. The Bertz CT molecular complexity index is 654. The molecular weight excluding hydrogens is 255 g/mol. The molecule has 3 nitrogen and oxygen atoms in total. The highest BCUT2D eigenvalue weighted by Crippen LogP contribution is 2.28. The molecule has 2 aromatic rings. The predicted octanol–water partition coefficient (Wildman–Crippen LogP) is 3.30. The highest BCUT2D eigenvalue weighted by Gasteiger charge is 2.12. The molecule has 0 aliphatic carbocycles. The van der Waals surface area contributed by atoms with Crippen molar-refractivity contribution in [3.05, 3.63) is 53.3 Å². The number of hydrogen-bond acceptors (Lipinski definition) is 3. The van der Waals surface area contributed by atoms with E-state index in [1.54, 1.807) is 0 Å². The van der Waals surface area contributed by atoms with Gasteiger partial charge in [0.1, 0.15) is 11.5 Å². The van der Waals surface area contributed by atoms with E-state index in [0.29, 0.717) is 17.7 Å². The average Bonchev–Trinajstić information content (AvgIpc) is 2.35. The number of nitriles is 1. The van der Waals surface area contributed by atoms with E-state index in [4.69, 9.17) is 11.0 Å². The Morgan fingerprint density at radius 3 is 2.21 bits per heavy atom. The molecule has 6 heteroatoms. The molecule has 0 bridgehead atoms. The Hall–Kier alpha value is -2.68. The minimum Gasteiger partial charge on any atom is -0.397 e.